The molecule has 0 bridgehead atoms. The van der Waals surface area contributed by atoms with Crippen molar-refractivity contribution in [1.29, 1.82) is 0 Å². The van der Waals surface area contributed by atoms with Gasteiger partial charge in [-0.3, -0.25) is 0 Å². The van der Waals surface area contributed by atoms with E-state index in [0.29, 0.717) is 13.2 Å². The van der Waals surface area contributed by atoms with Crippen LogP contribution in [0.1, 0.15) is 5.69 Å². The summed E-state index contributed by atoms with van der Waals surface area (Å²) in [5.74, 6) is 0. The summed E-state index contributed by atoms with van der Waals surface area (Å²) < 4.78 is 10.2. The highest BCUT2D eigenvalue weighted by Gasteiger charge is 1.91. The molecule has 4 heteroatoms. The Balaban J connectivity index is 1.85. The Morgan fingerprint density at radius 2 is 2.29 bits per heavy atom. The van der Waals surface area contributed by atoms with Crippen LogP contribution in [0, 0.1) is 0 Å². The van der Waals surface area contributed by atoms with Gasteiger partial charge in [0.2, 0.25) is 0 Å². The summed E-state index contributed by atoms with van der Waals surface area (Å²) >= 11 is 0. The Labute approximate surface area is 84.6 Å². The Morgan fingerprint density at radius 3 is 3.00 bits per heavy atom. The van der Waals surface area contributed by atoms with Crippen LogP contribution >= 0.6 is 0 Å². The van der Waals surface area contributed by atoms with Crippen LogP contribution in [-0.2, 0) is 16.0 Å². The lowest BCUT2D eigenvalue weighted by atomic mass is 10.4. The topological polar surface area (TPSA) is 46.3 Å². The second-order valence-electron chi connectivity index (χ2n) is 2.98. The van der Waals surface area contributed by atoms with Crippen molar-refractivity contribution in [3.05, 3.63) is 24.0 Å². The first-order valence-corrected chi connectivity index (χ1v) is 4.83. The zero-order chi connectivity index (χ0) is 10.1. The first-order chi connectivity index (χ1) is 6.93. The third-order valence-corrected chi connectivity index (χ3v) is 1.83. The van der Waals surface area contributed by atoms with Gasteiger partial charge in [0.25, 0.3) is 0 Å². The molecule has 0 unspecified atom stereocenters. The maximum Gasteiger partial charge on any atom is 0.0700 e. The molecule has 4 nitrogen and oxygen atoms in total. The first-order valence-electron chi connectivity index (χ1n) is 4.83. The summed E-state index contributed by atoms with van der Waals surface area (Å²) in [4.78, 5) is 3.13. The summed E-state index contributed by atoms with van der Waals surface area (Å²) in [5, 5.41) is 3.27. The summed E-state index contributed by atoms with van der Waals surface area (Å²) in [6, 6.07) is 4.05. The molecule has 0 aromatic carbocycles. The van der Waals surface area contributed by atoms with Gasteiger partial charge >= 0.3 is 0 Å². The molecular weight excluding hydrogens is 180 g/mol. The van der Waals surface area contributed by atoms with Crippen LogP contribution in [0.15, 0.2) is 18.3 Å². The Morgan fingerprint density at radius 1 is 1.36 bits per heavy atom. The minimum atomic E-state index is 0.663. The van der Waals surface area contributed by atoms with Gasteiger partial charge in [-0.05, 0) is 12.1 Å². The van der Waals surface area contributed by atoms with E-state index in [1.807, 2.05) is 12.3 Å². The highest BCUT2D eigenvalue weighted by atomic mass is 16.5. The average molecular weight is 198 g/mol. The zero-order valence-electron chi connectivity index (χ0n) is 8.58. The molecule has 0 aliphatic heterocycles. The van der Waals surface area contributed by atoms with E-state index in [-0.39, 0.29) is 0 Å². The van der Waals surface area contributed by atoms with Crippen LogP contribution in [0.3, 0.4) is 0 Å². The maximum atomic E-state index is 5.30. The molecule has 0 spiro atoms. The van der Waals surface area contributed by atoms with Gasteiger partial charge in [0, 0.05) is 32.1 Å². The maximum absolute atomic E-state index is 5.30. The lowest BCUT2D eigenvalue weighted by molar-refractivity contribution is 0.0719. The molecule has 0 aliphatic carbocycles. The summed E-state index contributed by atoms with van der Waals surface area (Å²) in [7, 11) is 1.67. The largest absolute Gasteiger partial charge is 0.382 e. The minimum Gasteiger partial charge on any atom is -0.382 e. The smallest absolute Gasteiger partial charge is 0.0700 e. The van der Waals surface area contributed by atoms with Crippen LogP contribution in [-0.4, -0.2) is 38.5 Å². The number of H-pyrrole nitrogens is 1. The Kier molecular flexibility index (Phi) is 6.06. The van der Waals surface area contributed by atoms with E-state index in [2.05, 4.69) is 16.4 Å². The van der Waals surface area contributed by atoms with Gasteiger partial charge in [0.05, 0.1) is 19.8 Å². The van der Waals surface area contributed by atoms with Crippen molar-refractivity contribution in [3.8, 4) is 0 Å². The highest BCUT2D eigenvalue weighted by molar-refractivity contribution is 5.02. The Bertz CT molecular complexity index is 212. The van der Waals surface area contributed by atoms with Crippen molar-refractivity contribution in [2.24, 2.45) is 0 Å². The molecule has 1 aromatic heterocycles. The van der Waals surface area contributed by atoms with E-state index in [9.17, 15) is 0 Å². The van der Waals surface area contributed by atoms with E-state index in [4.69, 9.17) is 9.47 Å². The van der Waals surface area contributed by atoms with E-state index < -0.39 is 0 Å². The third kappa shape index (κ3) is 5.01. The van der Waals surface area contributed by atoms with Crippen molar-refractivity contribution in [2.75, 3.05) is 33.5 Å². The SMILES string of the molecule is COCCOCCNCc1ccc[nH]1. The number of aromatic nitrogens is 1. The fourth-order valence-corrected chi connectivity index (χ4v) is 1.09. The van der Waals surface area contributed by atoms with Crippen molar-refractivity contribution in [1.82, 2.24) is 10.3 Å². The normalized spacial score (nSPS) is 10.6. The molecule has 80 valence electrons. The second kappa shape index (κ2) is 7.55. The lowest BCUT2D eigenvalue weighted by Gasteiger charge is -2.04. The number of aromatic amines is 1. The van der Waals surface area contributed by atoms with E-state index in [1.54, 1.807) is 7.11 Å². The van der Waals surface area contributed by atoms with Gasteiger partial charge in [0.15, 0.2) is 0 Å². The van der Waals surface area contributed by atoms with Crippen LogP contribution < -0.4 is 5.32 Å². The summed E-state index contributed by atoms with van der Waals surface area (Å²) in [6.45, 7) is 3.78. The molecule has 0 atom stereocenters. The Hall–Kier alpha value is -0.840. The zero-order valence-corrected chi connectivity index (χ0v) is 8.58. The standard InChI is InChI=1S/C10H18N2O2/c1-13-7-8-14-6-5-11-9-10-3-2-4-12-10/h2-4,11-12H,5-9H2,1H3. The van der Waals surface area contributed by atoms with Crippen LogP contribution in [0.5, 0.6) is 0 Å². The van der Waals surface area contributed by atoms with Crippen LogP contribution in [0.4, 0.5) is 0 Å². The number of hydrogen-bond donors (Lipinski definition) is 2. The molecule has 14 heavy (non-hydrogen) atoms. The van der Waals surface area contributed by atoms with Crippen molar-refractivity contribution in [3.63, 3.8) is 0 Å². The molecule has 1 aromatic rings. The monoisotopic (exact) mass is 198 g/mol. The fourth-order valence-electron chi connectivity index (χ4n) is 1.09. The quantitative estimate of drug-likeness (QED) is 0.606. The number of ether oxygens (including phenoxy) is 2. The van der Waals surface area contributed by atoms with E-state index >= 15 is 0 Å². The van der Waals surface area contributed by atoms with Gasteiger partial charge in [-0.2, -0.15) is 0 Å². The van der Waals surface area contributed by atoms with E-state index in [1.165, 1.54) is 5.69 Å². The molecule has 0 radical (unpaired) electrons. The minimum absolute atomic E-state index is 0.663. The van der Waals surface area contributed by atoms with Crippen molar-refractivity contribution >= 4 is 0 Å². The predicted octanol–water partition coefficient (Wildman–Crippen LogP) is 0.767. The van der Waals surface area contributed by atoms with Crippen molar-refractivity contribution in [2.45, 2.75) is 6.54 Å². The van der Waals surface area contributed by atoms with Crippen LogP contribution in [0.25, 0.3) is 0 Å². The number of hydrogen-bond acceptors (Lipinski definition) is 3. The molecule has 0 aliphatic rings. The van der Waals surface area contributed by atoms with Gasteiger partial charge in [-0.15, -0.1) is 0 Å². The van der Waals surface area contributed by atoms with E-state index in [0.717, 1.165) is 19.7 Å². The fraction of sp³-hybridized carbons (Fsp3) is 0.600. The third-order valence-electron chi connectivity index (χ3n) is 1.83. The average Bonchev–Trinajstić information content (AvgIpc) is 2.69. The molecule has 0 saturated carbocycles. The van der Waals surface area contributed by atoms with Crippen molar-refractivity contribution < 1.29 is 9.47 Å². The predicted molar refractivity (Wildman–Crippen MR) is 55.2 cm³/mol. The number of rotatable bonds is 8. The first kappa shape index (κ1) is 11.2. The molecule has 0 saturated heterocycles. The highest BCUT2D eigenvalue weighted by Crippen LogP contribution is 1.91. The molecule has 0 amide bonds. The molecule has 0 fully saturated rings. The second-order valence-corrected chi connectivity index (χ2v) is 2.98. The van der Waals surface area contributed by atoms with Gasteiger partial charge in [-0.25, -0.2) is 0 Å². The lowest BCUT2D eigenvalue weighted by Crippen LogP contribution is -2.20. The van der Waals surface area contributed by atoms with Crippen LogP contribution in [0.2, 0.25) is 0 Å². The summed E-state index contributed by atoms with van der Waals surface area (Å²) in [6.07, 6.45) is 1.92. The molecule has 2 N–H and O–H groups in total. The number of nitrogens with one attached hydrogen (secondary N) is 2. The van der Waals surface area contributed by atoms with Gasteiger partial charge in [-0.1, -0.05) is 0 Å². The van der Waals surface area contributed by atoms with Gasteiger partial charge in [0.1, 0.15) is 0 Å². The molecule has 1 heterocycles. The molecule has 1 rings (SSSR count). The molecular formula is C10H18N2O2. The summed E-state index contributed by atoms with van der Waals surface area (Å²) in [5.41, 5.74) is 1.20. The van der Waals surface area contributed by atoms with Gasteiger partial charge < -0.3 is 19.8 Å². The number of methoxy groups -OCH3 is 1.